The summed E-state index contributed by atoms with van der Waals surface area (Å²) in [5.74, 6) is -0.0730. The van der Waals surface area contributed by atoms with Crippen LogP contribution in [0.3, 0.4) is 0 Å². The van der Waals surface area contributed by atoms with Crippen LogP contribution in [0.1, 0.15) is 29.8 Å². The van der Waals surface area contributed by atoms with Crippen molar-refractivity contribution in [3.63, 3.8) is 0 Å². The molecule has 1 rings (SSSR count). The minimum Gasteiger partial charge on any atom is -0.271 e. The summed E-state index contributed by atoms with van der Waals surface area (Å²) in [6.45, 7) is 5.86. The Morgan fingerprint density at radius 1 is 1.50 bits per heavy atom. The minimum absolute atomic E-state index is 0.0730. The summed E-state index contributed by atoms with van der Waals surface area (Å²) in [5, 5.41) is 13.0. The van der Waals surface area contributed by atoms with E-state index in [0.29, 0.717) is 0 Å². The first-order valence-corrected chi connectivity index (χ1v) is 3.97. The van der Waals surface area contributed by atoms with Gasteiger partial charge in [-0.15, -0.1) is 0 Å². The quantitative estimate of drug-likeness (QED) is 0.631. The lowest BCUT2D eigenvalue weighted by Gasteiger charge is -2.03. The predicted octanol–water partition coefficient (Wildman–Crippen LogP) is 1.66. The van der Waals surface area contributed by atoms with E-state index in [9.17, 15) is 0 Å². The molecule has 0 N–H and O–H groups in total. The van der Waals surface area contributed by atoms with Gasteiger partial charge in [0.05, 0.1) is 23.4 Å². The molecule has 0 aromatic carbocycles. The van der Waals surface area contributed by atoms with Crippen LogP contribution in [-0.4, -0.2) is 9.78 Å². The lowest BCUT2D eigenvalue weighted by Crippen LogP contribution is -2.02. The van der Waals surface area contributed by atoms with E-state index in [0.717, 1.165) is 17.0 Å². The molecule has 1 unspecified atom stereocenters. The molecule has 1 heterocycles. The smallest absolute Gasteiger partial charge is 0.0856 e. The number of aromatic nitrogens is 2. The van der Waals surface area contributed by atoms with Crippen LogP contribution in [0.15, 0.2) is 0 Å². The van der Waals surface area contributed by atoms with Gasteiger partial charge in [0.25, 0.3) is 0 Å². The maximum absolute atomic E-state index is 8.76. The van der Waals surface area contributed by atoms with Crippen LogP contribution < -0.4 is 0 Å². The van der Waals surface area contributed by atoms with Crippen LogP contribution in [0.25, 0.3) is 0 Å². The second-order valence-electron chi connectivity index (χ2n) is 3.07. The summed E-state index contributed by atoms with van der Waals surface area (Å²) in [7, 11) is 1.88. The summed E-state index contributed by atoms with van der Waals surface area (Å²) in [6, 6.07) is 2.22. The average Bonchev–Trinajstić information content (AvgIpc) is 2.26. The largest absolute Gasteiger partial charge is 0.271 e. The lowest BCUT2D eigenvalue weighted by atomic mass is 10.1. The van der Waals surface area contributed by atoms with E-state index in [1.165, 1.54) is 0 Å². The van der Waals surface area contributed by atoms with E-state index in [4.69, 9.17) is 5.26 Å². The summed E-state index contributed by atoms with van der Waals surface area (Å²) in [4.78, 5) is 0. The van der Waals surface area contributed by atoms with Gasteiger partial charge in [-0.1, -0.05) is 0 Å². The molecule has 0 saturated heterocycles. The molecule has 0 radical (unpaired) electrons. The Morgan fingerprint density at radius 3 is 2.42 bits per heavy atom. The van der Waals surface area contributed by atoms with Gasteiger partial charge in [0.15, 0.2) is 0 Å². The molecular formula is C9H13N3. The normalized spacial score (nSPS) is 12.6. The maximum atomic E-state index is 8.76. The van der Waals surface area contributed by atoms with Crippen molar-refractivity contribution in [2.45, 2.75) is 26.7 Å². The van der Waals surface area contributed by atoms with Gasteiger partial charge in [0.2, 0.25) is 0 Å². The minimum atomic E-state index is -0.0730. The van der Waals surface area contributed by atoms with E-state index in [1.54, 1.807) is 4.68 Å². The highest BCUT2D eigenvalue weighted by atomic mass is 15.3. The monoisotopic (exact) mass is 163 g/mol. The van der Waals surface area contributed by atoms with Gasteiger partial charge in [0, 0.05) is 7.05 Å². The molecule has 0 aliphatic rings. The van der Waals surface area contributed by atoms with Crippen molar-refractivity contribution in [3.8, 4) is 6.07 Å². The third kappa shape index (κ3) is 1.20. The van der Waals surface area contributed by atoms with Gasteiger partial charge in [-0.3, -0.25) is 4.68 Å². The van der Waals surface area contributed by atoms with Crippen LogP contribution in [0.4, 0.5) is 0 Å². The first-order chi connectivity index (χ1) is 5.57. The molecule has 0 aliphatic heterocycles. The number of hydrogen-bond acceptors (Lipinski definition) is 2. The van der Waals surface area contributed by atoms with Crippen molar-refractivity contribution in [1.82, 2.24) is 9.78 Å². The predicted molar refractivity (Wildman–Crippen MR) is 46.7 cm³/mol. The molecule has 0 fully saturated rings. The molecule has 0 bridgehead atoms. The zero-order valence-corrected chi connectivity index (χ0v) is 7.92. The molecule has 0 amide bonds. The van der Waals surface area contributed by atoms with Crippen molar-refractivity contribution in [2.75, 3.05) is 0 Å². The summed E-state index contributed by atoms with van der Waals surface area (Å²) >= 11 is 0. The van der Waals surface area contributed by atoms with E-state index in [2.05, 4.69) is 11.2 Å². The topological polar surface area (TPSA) is 41.6 Å². The Labute approximate surface area is 72.6 Å². The first kappa shape index (κ1) is 8.79. The van der Waals surface area contributed by atoms with Crippen molar-refractivity contribution >= 4 is 0 Å². The van der Waals surface area contributed by atoms with E-state index >= 15 is 0 Å². The van der Waals surface area contributed by atoms with E-state index in [1.807, 2.05) is 27.8 Å². The molecule has 64 valence electrons. The van der Waals surface area contributed by atoms with Crippen molar-refractivity contribution in [2.24, 2.45) is 7.05 Å². The van der Waals surface area contributed by atoms with Gasteiger partial charge in [-0.05, 0) is 26.3 Å². The first-order valence-electron chi connectivity index (χ1n) is 3.97. The van der Waals surface area contributed by atoms with Gasteiger partial charge in [-0.25, -0.2) is 0 Å². The molecule has 1 aromatic rings. The third-order valence-electron chi connectivity index (χ3n) is 2.18. The van der Waals surface area contributed by atoms with Gasteiger partial charge in [0.1, 0.15) is 0 Å². The molecule has 0 saturated carbocycles. The fraction of sp³-hybridized carbons (Fsp3) is 0.556. The fourth-order valence-corrected chi connectivity index (χ4v) is 1.45. The Hall–Kier alpha value is -1.30. The number of aryl methyl sites for hydroxylation is 2. The Morgan fingerprint density at radius 2 is 2.08 bits per heavy atom. The van der Waals surface area contributed by atoms with Crippen molar-refractivity contribution in [3.05, 3.63) is 17.0 Å². The van der Waals surface area contributed by atoms with Crippen molar-refractivity contribution < 1.29 is 0 Å². The lowest BCUT2D eigenvalue weighted by molar-refractivity contribution is 0.690. The average molecular weight is 163 g/mol. The van der Waals surface area contributed by atoms with Crippen LogP contribution in [0, 0.1) is 25.2 Å². The van der Waals surface area contributed by atoms with Gasteiger partial charge < -0.3 is 0 Å². The van der Waals surface area contributed by atoms with Crippen LogP contribution in [-0.2, 0) is 7.05 Å². The molecule has 1 aromatic heterocycles. The van der Waals surface area contributed by atoms with Crippen LogP contribution >= 0.6 is 0 Å². The summed E-state index contributed by atoms with van der Waals surface area (Å²) in [6.07, 6.45) is 0. The highest BCUT2D eigenvalue weighted by molar-refractivity contribution is 5.29. The van der Waals surface area contributed by atoms with Crippen molar-refractivity contribution in [1.29, 1.82) is 5.26 Å². The molecule has 0 aliphatic carbocycles. The Balaban J connectivity index is 3.24. The number of nitriles is 1. The number of hydrogen-bond donors (Lipinski definition) is 0. The standard InChI is InChI=1S/C9H13N3/c1-6(5-10)9-7(2)8(3)11-12(9)4/h6H,1-4H3. The molecule has 0 spiro atoms. The van der Waals surface area contributed by atoms with Crippen LogP contribution in [0.2, 0.25) is 0 Å². The molecule has 3 heteroatoms. The molecular weight excluding hydrogens is 150 g/mol. The molecule has 1 atom stereocenters. The number of rotatable bonds is 1. The fourth-order valence-electron chi connectivity index (χ4n) is 1.45. The van der Waals surface area contributed by atoms with Gasteiger partial charge >= 0.3 is 0 Å². The highest BCUT2D eigenvalue weighted by Gasteiger charge is 2.14. The third-order valence-corrected chi connectivity index (χ3v) is 2.18. The Kier molecular flexibility index (Phi) is 2.18. The highest BCUT2D eigenvalue weighted by Crippen LogP contribution is 2.19. The Bertz CT molecular complexity index is 330. The van der Waals surface area contributed by atoms with Gasteiger partial charge in [-0.2, -0.15) is 10.4 Å². The summed E-state index contributed by atoms with van der Waals surface area (Å²) in [5.41, 5.74) is 3.16. The summed E-state index contributed by atoms with van der Waals surface area (Å²) < 4.78 is 1.79. The zero-order chi connectivity index (χ0) is 9.30. The molecule has 12 heavy (non-hydrogen) atoms. The van der Waals surface area contributed by atoms with Crippen LogP contribution in [0.5, 0.6) is 0 Å². The second-order valence-corrected chi connectivity index (χ2v) is 3.07. The van der Waals surface area contributed by atoms with E-state index in [-0.39, 0.29) is 5.92 Å². The van der Waals surface area contributed by atoms with E-state index < -0.39 is 0 Å². The zero-order valence-electron chi connectivity index (χ0n) is 7.92. The molecule has 3 nitrogen and oxygen atoms in total. The SMILES string of the molecule is Cc1nn(C)c(C(C)C#N)c1C. The second kappa shape index (κ2) is 2.98. The number of nitrogens with zero attached hydrogens (tertiary/aromatic N) is 3. The maximum Gasteiger partial charge on any atom is 0.0856 e.